The number of nitrogen functional groups attached to an aromatic ring is 1. The molecule has 0 saturated carbocycles. The zero-order valence-corrected chi connectivity index (χ0v) is 80.9. The number of rotatable bonds is 10. The van der Waals surface area contributed by atoms with Crippen molar-refractivity contribution in [1.82, 2.24) is 79.7 Å². The minimum absolute atomic E-state index is 0.0619. The zero-order valence-electron chi connectivity index (χ0n) is 74.6. The standard InChI is InChI=1S/C24H16N4O2.C24H18N4.C23H14BrCl2N3.C22H15N5.C21H14Br2N2O/c1-13-21(18-8-4-5-9-20(18)25-13)24-26-22-17-7-3-2-6-15(17)16-11-10-14(28(29)30)12-19(16)23(22)27-24;1-13-21(18-8-4-5-9-20(18)26-13)24-27-22-17-7-3-2-6-15(17)16-11-10-14(25)12-19(16)23(22)28-24;24-15-7-8-20-18(11-15)19(12-27-20)23-28-21(13-3-1-5-16(25)9-13)22(29-23)14-4-2-6-17(26)10-14;1-12-17(13-6-2-3-9-16(13)25-12)22-26-20-14-7-4-10-23-18(14)19-15(21(20)27-22)8-5-11-24-19;22-16-7-1-13(2-8-16)19-20(14-3-9-17(23)10-4-14)25-21(24-19)15-5-11-18(26)12-6-15/h2-12,25H,1H3,(H,26,27);2-12,26H,25H2,1H3,(H,27,28);1-12,27H,(H,28,29);2-11,25H,1H3,(H,26,27);1-12,26H,(H,24,25). The van der Waals surface area contributed by atoms with Gasteiger partial charge in [0, 0.05) is 203 Å². The maximum atomic E-state index is 11.4. The van der Waals surface area contributed by atoms with E-state index in [1.54, 1.807) is 30.5 Å². The van der Waals surface area contributed by atoms with Gasteiger partial charge >= 0.3 is 0 Å². The third kappa shape index (κ3) is 16.1. The van der Waals surface area contributed by atoms with Crippen molar-refractivity contribution in [3.63, 3.8) is 0 Å². The van der Waals surface area contributed by atoms with Crippen LogP contribution in [0.25, 0.3) is 244 Å². The second-order valence-corrected chi connectivity index (χ2v) is 37.8. The largest absolute Gasteiger partial charge is 0.508 e. The molecular weight excluding hydrogens is 1980 g/mol. The lowest BCUT2D eigenvalue weighted by Gasteiger charge is -2.06. The third-order valence-electron chi connectivity index (χ3n) is 25.5. The monoisotopic (exact) mass is 2050 g/mol. The van der Waals surface area contributed by atoms with Gasteiger partial charge in [-0.05, 0) is 194 Å². The molecule has 0 aliphatic carbocycles. The Morgan fingerprint density at radius 2 is 0.743 bits per heavy atom. The van der Waals surface area contributed by atoms with Gasteiger partial charge in [0.1, 0.15) is 34.9 Å². The Hall–Kier alpha value is -16.6. The number of aryl methyl sites for hydroxylation is 3. The summed E-state index contributed by atoms with van der Waals surface area (Å²) >= 11 is 23.0. The number of nitrogens with zero attached hydrogens (tertiary/aromatic N) is 8. The summed E-state index contributed by atoms with van der Waals surface area (Å²) < 4.78 is 3.08. The number of non-ortho nitro benzene ring substituents is 1. The molecule has 0 fully saturated rings. The number of H-pyrrole nitrogens is 9. The number of pyridine rings is 2. The maximum absolute atomic E-state index is 11.4. The van der Waals surface area contributed by atoms with Crippen LogP contribution in [0.3, 0.4) is 0 Å². The first-order chi connectivity index (χ1) is 68.3. The quantitative estimate of drug-likeness (QED) is 0.0265. The lowest BCUT2D eigenvalue weighted by Crippen LogP contribution is -1.89. The lowest BCUT2D eigenvalue weighted by molar-refractivity contribution is -0.384. The highest BCUT2D eigenvalue weighted by atomic mass is 79.9. The number of nitrogens with two attached hydrogens (primary N) is 1. The molecule has 11 heterocycles. The molecule has 26 heteroatoms. The molecular formula is C114H77Br3Cl2N18O3. The molecule has 0 spiro atoms. The SMILES string of the molecule is Cc1[nH]c2ccccc2c1-c1nc2c3cc(N)ccc3c3ccccc3c2[nH]1.Cc1[nH]c2ccccc2c1-c1nc2c3cc([N+](=O)[O-])ccc3c3ccccc3c2[nH]1.Cc1[nH]c2ccccc2c1-c1nc2c3cccnc3c3ncccc3c2[nH]1.Clc1cccc(-c2nc(-c3c[nH]c4ccc(Br)cc34)[nH]c2-c2cccc(Cl)c2)c1.Oc1ccc(-c2nc(-c3ccc(Br)cc3)c(-c3ccc(Br)cc3)[nH]2)cc1. The van der Waals surface area contributed by atoms with Crippen LogP contribution in [0.2, 0.25) is 10.0 Å². The number of phenolic OH excluding ortho intramolecular Hbond substituents is 1. The molecule has 0 unspecified atom stereocenters. The van der Waals surface area contributed by atoms with E-state index in [-0.39, 0.29) is 16.4 Å². The minimum atomic E-state index is -0.363. The number of aromatic hydroxyl groups is 1. The van der Waals surface area contributed by atoms with Crippen LogP contribution in [0.4, 0.5) is 11.4 Å². The van der Waals surface area contributed by atoms with Gasteiger partial charge in [0.05, 0.1) is 71.8 Å². The number of hydrogen-bond donors (Lipinski definition) is 11. The number of imidazole rings is 5. The number of nitrogens with one attached hydrogen (secondary N) is 9. The number of hydrogen-bond acceptors (Lipinski definition) is 11. The van der Waals surface area contributed by atoms with E-state index in [0.717, 1.165) is 253 Å². The summed E-state index contributed by atoms with van der Waals surface area (Å²) in [5, 5.41) is 37.3. The zero-order chi connectivity index (χ0) is 95.2. The molecule has 21 nitrogen and oxygen atoms in total. The molecule has 27 aromatic rings. The lowest BCUT2D eigenvalue weighted by atomic mass is 9.99. The highest BCUT2D eigenvalue weighted by molar-refractivity contribution is 9.11. The van der Waals surface area contributed by atoms with Gasteiger partial charge in [-0.15, -0.1) is 0 Å². The van der Waals surface area contributed by atoms with Crippen molar-refractivity contribution < 1.29 is 10.0 Å². The summed E-state index contributed by atoms with van der Waals surface area (Å²) in [5.41, 5.74) is 34.6. The number of nitro benzene ring substituents is 1. The van der Waals surface area contributed by atoms with E-state index in [1.165, 1.54) is 26.9 Å². The van der Waals surface area contributed by atoms with Crippen LogP contribution in [0.15, 0.2) is 354 Å². The van der Waals surface area contributed by atoms with Crippen molar-refractivity contribution in [2.45, 2.75) is 20.8 Å². The highest BCUT2D eigenvalue weighted by Crippen LogP contribution is 2.46. The van der Waals surface area contributed by atoms with Gasteiger partial charge in [0.2, 0.25) is 0 Å². The molecule has 0 radical (unpaired) electrons. The van der Waals surface area contributed by atoms with E-state index < -0.39 is 0 Å². The van der Waals surface area contributed by atoms with Crippen LogP contribution in [-0.2, 0) is 0 Å². The van der Waals surface area contributed by atoms with Crippen LogP contribution < -0.4 is 5.73 Å². The number of fused-ring (bicyclic) bond motifs is 22. The summed E-state index contributed by atoms with van der Waals surface area (Å²) in [6.45, 7) is 6.21. The Balaban J connectivity index is 0.0000000977. The van der Waals surface area contributed by atoms with Crippen molar-refractivity contribution in [2.24, 2.45) is 0 Å². The summed E-state index contributed by atoms with van der Waals surface area (Å²) in [6, 6.07) is 105. The van der Waals surface area contributed by atoms with Crippen LogP contribution in [-0.4, -0.2) is 89.8 Å². The van der Waals surface area contributed by atoms with Crippen LogP contribution in [0, 0.1) is 30.9 Å². The maximum Gasteiger partial charge on any atom is 0.270 e. The van der Waals surface area contributed by atoms with Gasteiger partial charge in [-0.3, -0.25) is 20.1 Å². The first kappa shape index (κ1) is 87.4. The van der Waals surface area contributed by atoms with Crippen molar-refractivity contribution >= 4 is 224 Å². The number of aromatic amines is 9. The van der Waals surface area contributed by atoms with Crippen LogP contribution in [0.5, 0.6) is 5.75 Å². The second-order valence-electron chi connectivity index (χ2n) is 34.2. The van der Waals surface area contributed by atoms with E-state index in [4.69, 9.17) is 53.9 Å². The van der Waals surface area contributed by atoms with E-state index in [2.05, 4.69) is 226 Å². The fraction of sp³-hybridized carbons (Fsp3) is 0.0263. The normalized spacial score (nSPS) is 11.5. The Bertz CT molecular complexity index is 9410. The number of halogens is 5. The van der Waals surface area contributed by atoms with E-state index in [9.17, 15) is 15.2 Å². The second kappa shape index (κ2) is 36.1. The first-order valence-electron chi connectivity index (χ1n) is 44.9. The van der Waals surface area contributed by atoms with Crippen LogP contribution in [0.1, 0.15) is 17.1 Å². The predicted octanol–water partition coefficient (Wildman–Crippen LogP) is 31.9. The first-order valence-corrected chi connectivity index (χ1v) is 48.1. The molecule has 27 rings (SSSR count). The predicted molar refractivity (Wildman–Crippen MR) is 582 cm³/mol. The Morgan fingerprint density at radius 1 is 0.321 bits per heavy atom. The molecule has 0 saturated heterocycles. The van der Waals surface area contributed by atoms with E-state index >= 15 is 0 Å². The van der Waals surface area contributed by atoms with Gasteiger partial charge in [0.15, 0.2) is 0 Å². The summed E-state index contributed by atoms with van der Waals surface area (Å²) in [6.07, 6.45) is 5.59. The Kier molecular flexibility index (Phi) is 22.6. The summed E-state index contributed by atoms with van der Waals surface area (Å²) in [4.78, 5) is 76.3. The van der Waals surface area contributed by atoms with Gasteiger partial charge in [-0.1, -0.05) is 229 Å². The Labute approximate surface area is 832 Å². The summed E-state index contributed by atoms with van der Waals surface area (Å²) in [5.74, 6) is 4.28. The van der Waals surface area contributed by atoms with Crippen molar-refractivity contribution in [2.75, 3.05) is 5.73 Å². The average molecular weight is 2060 g/mol. The third-order valence-corrected chi connectivity index (χ3v) is 27.5. The Morgan fingerprint density at radius 3 is 1.29 bits per heavy atom. The molecule has 12 N–H and O–H groups in total. The number of aromatic nitrogens is 16. The molecule has 0 atom stereocenters. The molecule has 0 bridgehead atoms. The molecule has 0 amide bonds. The molecule has 0 aliphatic rings. The van der Waals surface area contributed by atoms with Gasteiger partial charge in [-0.2, -0.15) is 0 Å². The highest BCUT2D eigenvalue weighted by Gasteiger charge is 2.26. The fourth-order valence-corrected chi connectivity index (χ4v) is 20.4. The van der Waals surface area contributed by atoms with Crippen LogP contribution >= 0.6 is 71.0 Å². The number of para-hydroxylation sites is 3. The van der Waals surface area contributed by atoms with Crippen molar-refractivity contribution in [1.29, 1.82) is 0 Å². The van der Waals surface area contributed by atoms with E-state index in [0.29, 0.717) is 10.0 Å². The number of phenols is 1. The van der Waals surface area contributed by atoms with E-state index in [1.807, 2.05) is 207 Å². The molecule has 16 aromatic carbocycles. The van der Waals surface area contributed by atoms with Gasteiger partial charge in [0.25, 0.3) is 5.69 Å². The molecule has 140 heavy (non-hydrogen) atoms. The van der Waals surface area contributed by atoms with Gasteiger partial charge in [-0.25, -0.2) is 24.9 Å². The molecule has 11 aromatic heterocycles. The summed E-state index contributed by atoms with van der Waals surface area (Å²) in [7, 11) is 0. The number of anilines is 1. The smallest absolute Gasteiger partial charge is 0.270 e. The van der Waals surface area contributed by atoms with Crippen molar-refractivity contribution in [3.05, 3.63) is 391 Å². The van der Waals surface area contributed by atoms with Crippen molar-refractivity contribution in [3.8, 4) is 108 Å². The average Bonchev–Trinajstić information content (AvgIpc) is 1.56. The molecule has 676 valence electrons. The molecule has 0 aliphatic heterocycles. The number of benzene rings is 16. The van der Waals surface area contributed by atoms with Gasteiger partial charge < -0.3 is 55.7 Å². The fourth-order valence-electron chi connectivity index (χ4n) is 19.2. The number of nitro groups is 1. The topological polar surface area (TPSA) is 322 Å². The minimum Gasteiger partial charge on any atom is -0.508 e.